The smallest absolute Gasteiger partial charge is 0.333 e. The summed E-state index contributed by atoms with van der Waals surface area (Å²) in [4.78, 5) is 33.6. The molecule has 22 heavy (non-hydrogen) atoms. The van der Waals surface area contributed by atoms with Gasteiger partial charge in [-0.1, -0.05) is 0 Å². The summed E-state index contributed by atoms with van der Waals surface area (Å²) >= 11 is 0. The van der Waals surface area contributed by atoms with E-state index in [0.29, 0.717) is 16.8 Å². The molecule has 0 spiro atoms. The second-order valence-electron chi connectivity index (χ2n) is 5.55. The average molecular weight is 305 g/mol. The van der Waals surface area contributed by atoms with Crippen molar-refractivity contribution in [1.29, 1.82) is 0 Å². The van der Waals surface area contributed by atoms with E-state index < -0.39 is 23.7 Å². The predicted molar refractivity (Wildman–Crippen MR) is 73.9 cm³/mol. The number of methoxy groups -OCH3 is 1. The Balaban J connectivity index is 1.94. The van der Waals surface area contributed by atoms with Gasteiger partial charge >= 0.3 is 5.97 Å². The molecule has 2 heterocycles. The number of fused-ring (bicyclic) bond motifs is 1. The van der Waals surface area contributed by atoms with E-state index >= 15 is 0 Å². The fraction of sp³-hybridized carbons (Fsp3) is 0.467. The molecule has 0 aromatic carbocycles. The summed E-state index contributed by atoms with van der Waals surface area (Å²) in [5, 5.41) is 0. The van der Waals surface area contributed by atoms with Crippen molar-refractivity contribution in [3.8, 4) is 0 Å². The minimum Gasteiger partial charge on any atom is -0.467 e. The Morgan fingerprint density at radius 1 is 1.41 bits per heavy atom. The van der Waals surface area contributed by atoms with Crippen LogP contribution < -0.4 is 0 Å². The maximum Gasteiger partial charge on any atom is 0.333 e. The lowest BCUT2D eigenvalue weighted by atomic mass is 10.1. The Labute approximate surface area is 127 Å². The minimum absolute atomic E-state index is 0.0713. The molecule has 1 atom stereocenters. The summed E-state index contributed by atoms with van der Waals surface area (Å²) in [5.74, 6) is -2.06. The van der Waals surface area contributed by atoms with Gasteiger partial charge in [0, 0.05) is 11.8 Å². The van der Waals surface area contributed by atoms with E-state index in [4.69, 9.17) is 4.74 Å². The Morgan fingerprint density at radius 2 is 2.14 bits per heavy atom. The Morgan fingerprint density at radius 3 is 2.77 bits per heavy atom. The molecule has 1 saturated carbocycles. The molecular formula is C15H16FN3O3. The van der Waals surface area contributed by atoms with Crippen LogP contribution in [-0.4, -0.2) is 33.9 Å². The summed E-state index contributed by atoms with van der Waals surface area (Å²) in [6, 6.07) is -0.994. The second kappa shape index (κ2) is 5.47. The van der Waals surface area contributed by atoms with Gasteiger partial charge in [-0.25, -0.2) is 19.2 Å². The van der Waals surface area contributed by atoms with E-state index in [-0.39, 0.29) is 12.5 Å². The number of amides is 1. The number of hydrogen-bond acceptors (Lipinski definition) is 5. The molecule has 2 aliphatic rings. The number of ether oxygens (including phenoxy) is 1. The van der Waals surface area contributed by atoms with Crippen molar-refractivity contribution in [2.45, 2.75) is 32.4 Å². The second-order valence-corrected chi connectivity index (χ2v) is 5.55. The first-order valence-corrected chi connectivity index (χ1v) is 7.08. The van der Waals surface area contributed by atoms with E-state index in [2.05, 4.69) is 9.97 Å². The van der Waals surface area contributed by atoms with Crippen molar-refractivity contribution < 1.29 is 18.7 Å². The molecule has 116 valence electrons. The van der Waals surface area contributed by atoms with Gasteiger partial charge in [-0.3, -0.25) is 4.79 Å². The van der Waals surface area contributed by atoms with Crippen LogP contribution >= 0.6 is 0 Å². The lowest BCUT2D eigenvalue weighted by Gasteiger charge is -2.22. The van der Waals surface area contributed by atoms with E-state index in [9.17, 15) is 14.0 Å². The Hall–Kier alpha value is -2.31. The highest BCUT2D eigenvalue weighted by Crippen LogP contribution is 2.40. The van der Waals surface area contributed by atoms with Gasteiger partial charge in [0.25, 0.3) is 5.91 Å². The highest BCUT2D eigenvalue weighted by molar-refractivity contribution is 5.96. The van der Waals surface area contributed by atoms with Crippen LogP contribution in [0.15, 0.2) is 23.9 Å². The van der Waals surface area contributed by atoms with E-state index in [0.717, 1.165) is 17.7 Å². The van der Waals surface area contributed by atoms with Crippen molar-refractivity contribution in [2.24, 2.45) is 5.92 Å². The molecule has 0 radical (unpaired) electrons. The number of rotatable bonds is 3. The SMILES string of the molecule is COC(=O)C1c2cncnc2CN1C(=O)/C(F)=C(\C)C1CC1. The van der Waals surface area contributed by atoms with Crippen LogP contribution in [0.25, 0.3) is 0 Å². The van der Waals surface area contributed by atoms with Gasteiger partial charge in [0.05, 0.1) is 19.3 Å². The molecule has 6 nitrogen and oxygen atoms in total. The van der Waals surface area contributed by atoms with Gasteiger partial charge in [-0.05, 0) is 31.3 Å². The molecule has 1 aromatic heterocycles. The van der Waals surface area contributed by atoms with Crippen molar-refractivity contribution in [3.63, 3.8) is 0 Å². The molecule has 1 aliphatic heterocycles. The summed E-state index contributed by atoms with van der Waals surface area (Å²) in [6.45, 7) is 1.70. The van der Waals surface area contributed by atoms with Crippen LogP contribution in [0.5, 0.6) is 0 Å². The van der Waals surface area contributed by atoms with Gasteiger partial charge in [0.2, 0.25) is 0 Å². The first-order valence-electron chi connectivity index (χ1n) is 7.08. The first kappa shape index (κ1) is 14.6. The highest BCUT2D eigenvalue weighted by atomic mass is 19.1. The first-order chi connectivity index (χ1) is 10.5. The topological polar surface area (TPSA) is 72.4 Å². The molecule has 1 fully saturated rings. The van der Waals surface area contributed by atoms with Crippen molar-refractivity contribution in [2.75, 3.05) is 7.11 Å². The normalized spacial score (nSPS) is 21.2. The molecule has 0 N–H and O–H groups in total. The maximum absolute atomic E-state index is 14.4. The van der Waals surface area contributed by atoms with E-state index in [1.165, 1.54) is 19.6 Å². The maximum atomic E-state index is 14.4. The predicted octanol–water partition coefficient (Wildman–Crippen LogP) is 1.69. The van der Waals surface area contributed by atoms with Crippen LogP contribution in [0.4, 0.5) is 4.39 Å². The quantitative estimate of drug-likeness (QED) is 0.627. The zero-order valence-electron chi connectivity index (χ0n) is 12.4. The standard InChI is InChI=1S/C15H16FN3O3/c1-8(9-3-4-9)12(16)14(20)19-6-11-10(5-17-7-18-11)13(19)15(21)22-2/h5,7,9,13H,3-4,6H2,1-2H3/b12-8-. The minimum atomic E-state index is -0.994. The fourth-order valence-electron chi connectivity index (χ4n) is 2.69. The van der Waals surface area contributed by atoms with Crippen LogP contribution in [-0.2, 0) is 20.9 Å². The fourth-order valence-corrected chi connectivity index (χ4v) is 2.69. The van der Waals surface area contributed by atoms with Gasteiger partial charge in [-0.15, -0.1) is 0 Å². The third kappa shape index (κ3) is 2.36. The molecule has 1 aromatic rings. The molecular weight excluding hydrogens is 289 g/mol. The number of nitrogens with zero attached hydrogens (tertiary/aromatic N) is 3. The number of esters is 1. The highest BCUT2D eigenvalue weighted by Gasteiger charge is 2.42. The lowest BCUT2D eigenvalue weighted by Crippen LogP contribution is -2.35. The number of allylic oxidation sites excluding steroid dienone is 1. The van der Waals surface area contributed by atoms with E-state index in [1.807, 2.05) is 0 Å². The molecule has 7 heteroatoms. The number of hydrogen-bond donors (Lipinski definition) is 0. The molecule has 1 aliphatic carbocycles. The van der Waals surface area contributed by atoms with Gasteiger partial charge < -0.3 is 9.64 Å². The van der Waals surface area contributed by atoms with Crippen molar-refractivity contribution in [1.82, 2.24) is 14.9 Å². The molecule has 1 unspecified atom stereocenters. The summed E-state index contributed by atoms with van der Waals surface area (Å²) in [5.41, 5.74) is 1.48. The lowest BCUT2D eigenvalue weighted by molar-refractivity contribution is -0.152. The van der Waals surface area contributed by atoms with Gasteiger partial charge in [-0.2, -0.15) is 0 Å². The monoisotopic (exact) mass is 305 g/mol. The van der Waals surface area contributed by atoms with Gasteiger partial charge in [0.1, 0.15) is 6.33 Å². The zero-order valence-corrected chi connectivity index (χ0v) is 12.4. The Bertz CT molecular complexity index is 670. The molecule has 0 bridgehead atoms. The Kier molecular flexibility index (Phi) is 3.64. The van der Waals surface area contributed by atoms with Crippen molar-refractivity contribution in [3.05, 3.63) is 35.2 Å². The largest absolute Gasteiger partial charge is 0.467 e. The number of carbonyl (C=O) groups is 2. The number of aromatic nitrogens is 2. The van der Waals surface area contributed by atoms with Crippen LogP contribution in [0.2, 0.25) is 0 Å². The molecule has 0 saturated heterocycles. The van der Waals surface area contributed by atoms with Crippen LogP contribution in [0.1, 0.15) is 37.1 Å². The van der Waals surface area contributed by atoms with Crippen LogP contribution in [0, 0.1) is 5.92 Å². The third-order valence-corrected chi connectivity index (χ3v) is 4.16. The summed E-state index contributed by atoms with van der Waals surface area (Å²) < 4.78 is 19.1. The van der Waals surface area contributed by atoms with E-state index in [1.54, 1.807) is 6.92 Å². The third-order valence-electron chi connectivity index (χ3n) is 4.16. The average Bonchev–Trinajstić information content (AvgIpc) is 3.32. The zero-order chi connectivity index (χ0) is 15.9. The molecule has 3 rings (SSSR count). The van der Waals surface area contributed by atoms with Crippen molar-refractivity contribution >= 4 is 11.9 Å². The van der Waals surface area contributed by atoms with Crippen LogP contribution in [0.3, 0.4) is 0 Å². The summed E-state index contributed by atoms with van der Waals surface area (Å²) in [7, 11) is 1.23. The summed E-state index contributed by atoms with van der Waals surface area (Å²) in [6.07, 6.45) is 4.60. The van der Waals surface area contributed by atoms with Gasteiger partial charge in [0.15, 0.2) is 11.9 Å². The number of halogens is 1. The number of carbonyl (C=O) groups excluding carboxylic acids is 2. The molecule has 1 amide bonds.